The molecule has 23 heavy (non-hydrogen) atoms. The molecular weight excluding hydrogens is 296 g/mol. The number of aryl methyl sites for hydroxylation is 2. The van der Waals surface area contributed by atoms with Gasteiger partial charge in [0.05, 0.1) is 24.9 Å². The first-order chi connectivity index (χ1) is 11.0. The lowest BCUT2D eigenvalue weighted by Gasteiger charge is -2.24. The Labute approximate surface area is 134 Å². The monoisotopic (exact) mass is 316 g/mol. The molecule has 1 amide bonds. The fourth-order valence-electron chi connectivity index (χ4n) is 3.06. The van der Waals surface area contributed by atoms with Crippen LogP contribution in [0.15, 0.2) is 28.7 Å². The van der Waals surface area contributed by atoms with E-state index in [9.17, 15) is 9.90 Å². The first kappa shape index (κ1) is 15.6. The number of aliphatic hydroxyl groups is 1. The molecule has 1 N–H and O–H groups in total. The van der Waals surface area contributed by atoms with Crippen LogP contribution in [0, 0.1) is 13.8 Å². The molecule has 1 aliphatic rings. The highest BCUT2D eigenvalue weighted by Crippen LogP contribution is 2.35. The molecule has 1 aromatic heterocycles. The summed E-state index contributed by atoms with van der Waals surface area (Å²) in [5.74, 6) is 1.18. The summed E-state index contributed by atoms with van der Waals surface area (Å²) in [6.07, 6.45) is -0.0649. The molecule has 1 aromatic carbocycles. The second-order valence-electron chi connectivity index (χ2n) is 5.79. The molecule has 6 nitrogen and oxygen atoms in total. The standard InChI is InChI=1S/C17H20N2O4/c1-10-16(23-11(2)18-10)17(21)19-9-13(20)8-15(19)12-5-4-6-14(7-12)22-3/h4-7,13,15,20H,8-9H2,1-3H3/t13-,15-/m0/s1. The Balaban J connectivity index is 1.93. The van der Waals surface area contributed by atoms with Crippen LogP contribution in [0.3, 0.4) is 0 Å². The van der Waals surface area contributed by atoms with Crippen molar-refractivity contribution in [3.63, 3.8) is 0 Å². The van der Waals surface area contributed by atoms with Gasteiger partial charge >= 0.3 is 0 Å². The molecule has 6 heteroatoms. The first-order valence-corrected chi connectivity index (χ1v) is 7.56. The maximum absolute atomic E-state index is 12.8. The summed E-state index contributed by atoms with van der Waals surface area (Å²) in [6, 6.07) is 7.35. The largest absolute Gasteiger partial charge is 0.497 e. The lowest BCUT2D eigenvalue weighted by atomic mass is 10.0. The Morgan fingerprint density at radius 1 is 1.43 bits per heavy atom. The Kier molecular flexibility index (Phi) is 4.09. The van der Waals surface area contributed by atoms with Gasteiger partial charge in [-0.2, -0.15) is 0 Å². The zero-order valence-electron chi connectivity index (χ0n) is 13.4. The van der Waals surface area contributed by atoms with E-state index < -0.39 is 6.10 Å². The van der Waals surface area contributed by atoms with E-state index >= 15 is 0 Å². The van der Waals surface area contributed by atoms with Gasteiger partial charge in [-0.1, -0.05) is 12.1 Å². The molecule has 0 saturated carbocycles. The molecule has 1 fully saturated rings. The van der Waals surface area contributed by atoms with Gasteiger partial charge in [-0.05, 0) is 31.0 Å². The minimum atomic E-state index is -0.556. The second kappa shape index (κ2) is 6.04. The summed E-state index contributed by atoms with van der Waals surface area (Å²) in [6.45, 7) is 3.73. The predicted molar refractivity (Wildman–Crippen MR) is 83.4 cm³/mol. The molecular formula is C17H20N2O4. The van der Waals surface area contributed by atoms with Crippen molar-refractivity contribution in [2.75, 3.05) is 13.7 Å². The van der Waals surface area contributed by atoms with Crippen molar-refractivity contribution >= 4 is 5.91 Å². The molecule has 2 heterocycles. The van der Waals surface area contributed by atoms with Crippen molar-refractivity contribution < 1.29 is 19.1 Å². The van der Waals surface area contributed by atoms with Gasteiger partial charge in [0.15, 0.2) is 5.89 Å². The summed E-state index contributed by atoms with van der Waals surface area (Å²) >= 11 is 0. The van der Waals surface area contributed by atoms with Gasteiger partial charge in [-0.3, -0.25) is 4.79 Å². The van der Waals surface area contributed by atoms with Crippen molar-refractivity contribution in [3.05, 3.63) is 47.2 Å². The van der Waals surface area contributed by atoms with Crippen molar-refractivity contribution in [1.82, 2.24) is 9.88 Å². The zero-order chi connectivity index (χ0) is 16.6. The summed E-state index contributed by atoms with van der Waals surface area (Å²) < 4.78 is 10.7. The van der Waals surface area contributed by atoms with Crippen LogP contribution in [-0.4, -0.2) is 40.7 Å². The molecule has 0 bridgehead atoms. The normalized spacial score (nSPS) is 20.8. The topological polar surface area (TPSA) is 75.8 Å². The van der Waals surface area contributed by atoms with Gasteiger partial charge in [0.1, 0.15) is 5.75 Å². The molecule has 2 atom stereocenters. The van der Waals surface area contributed by atoms with E-state index in [2.05, 4.69) is 4.98 Å². The predicted octanol–water partition coefficient (Wildman–Crippen LogP) is 2.25. The van der Waals surface area contributed by atoms with Crippen molar-refractivity contribution in [2.45, 2.75) is 32.4 Å². The zero-order valence-corrected chi connectivity index (χ0v) is 13.4. The van der Waals surface area contributed by atoms with Crippen molar-refractivity contribution in [3.8, 4) is 5.75 Å². The van der Waals surface area contributed by atoms with Gasteiger partial charge in [0.2, 0.25) is 5.76 Å². The number of carbonyl (C=O) groups excluding carboxylic acids is 1. The fraction of sp³-hybridized carbons (Fsp3) is 0.412. The van der Waals surface area contributed by atoms with Crippen LogP contribution < -0.4 is 4.74 Å². The van der Waals surface area contributed by atoms with E-state index in [0.717, 1.165) is 11.3 Å². The number of carbonyl (C=O) groups is 1. The molecule has 0 radical (unpaired) electrons. The Bertz CT molecular complexity index is 725. The quantitative estimate of drug-likeness (QED) is 0.940. The van der Waals surface area contributed by atoms with E-state index in [0.29, 0.717) is 18.0 Å². The number of ether oxygens (including phenoxy) is 1. The second-order valence-corrected chi connectivity index (χ2v) is 5.79. The molecule has 0 unspecified atom stereocenters. The summed E-state index contributed by atoms with van der Waals surface area (Å²) in [5.41, 5.74) is 1.50. The van der Waals surface area contributed by atoms with E-state index in [1.165, 1.54) is 0 Å². The van der Waals surface area contributed by atoms with Gasteiger partial charge in [-0.25, -0.2) is 4.98 Å². The van der Waals surface area contributed by atoms with Gasteiger partial charge < -0.3 is 19.2 Å². The summed E-state index contributed by atoms with van der Waals surface area (Å²) in [7, 11) is 1.60. The van der Waals surface area contributed by atoms with E-state index in [4.69, 9.17) is 9.15 Å². The van der Waals surface area contributed by atoms with Crippen LogP contribution in [0.25, 0.3) is 0 Å². The van der Waals surface area contributed by atoms with Crippen molar-refractivity contribution in [1.29, 1.82) is 0 Å². The highest BCUT2D eigenvalue weighted by Gasteiger charge is 2.37. The van der Waals surface area contributed by atoms with Gasteiger partial charge in [-0.15, -0.1) is 0 Å². The number of aliphatic hydroxyl groups excluding tert-OH is 1. The Morgan fingerprint density at radius 3 is 2.87 bits per heavy atom. The number of aromatic nitrogens is 1. The number of rotatable bonds is 3. The van der Waals surface area contributed by atoms with Gasteiger partial charge in [0.25, 0.3) is 5.91 Å². The molecule has 0 aliphatic carbocycles. The minimum Gasteiger partial charge on any atom is -0.497 e. The summed E-state index contributed by atoms with van der Waals surface area (Å²) in [5, 5.41) is 10.1. The maximum atomic E-state index is 12.8. The molecule has 1 aliphatic heterocycles. The molecule has 0 spiro atoms. The lowest BCUT2D eigenvalue weighted by molar-refractivity contribution is 0.0681. The highest BCUT2D eigenvalue weighted by molar-refractivity contribution is 5.93. The molecule has 3 rings (SSSR count). The first-order valence-electron chi connectivity index (χ1n) is 7.56. The van der Waals surface area contributed by atoms with Crippen LogP contribution in [0.4, 0.5) is 0 Å². The number of nitrogens with zero attached hydrogens (tertiary/aromatic N) is 2. The van der Waals surface area contributed by atoms with E-state index in [1.54, 1.807) is 25.9 Å². The van der Waals surface area contributed by atoms with E-state index in [1.807, 2.05) is 24.3 Å². The fourth-order valence-corrected chi connectivity index (χ4v) is 3.06. The lowest BCUT2D eigenvalue weighted by Crippen LogP contribution is -2.32. The smallest absolute Gasteiger partial charge is 0.292 e. The third-order valence-electron chi connectivity index (χ3n) is 4.12. The van der Waals surface area contributed by atoms with Crippen LogP contribution >= 0.6 is 0 Å². The average molecular weight is 316 g/mol. The highest BCUT2D eigenvalue weighted by atomic mass is 16.5. The van der Waals surface area contributed by atoms with Crippen LogP contribution in [0.1, 0.15) is 40.2 Å². The number of hydrogen-bond donors (Lipinski definition) is 1. The number of benzene rings is 1. The number of methoxy groups -OCH3 is 1. The third-order valence-corrected chi connectivity index (χ3v) is 4.12. The molecule has 1 saturated heterocycles. The number of amides is 1. The SMILES string of the molecule is COc1cccc([C@@H]2C[C@H](O)CN2C(=O)c2oc(C)nc2C)c1. The Morgan fingerprint density at radius 2 is 2.22 bits per heavy atom. The van der Waals surface area contributed by atoms with E-state index in [-0.39, 0.29) is 24.3 Å². The van der Waals surface area contributed by atoms with Crippen LogP contribution in [0.5, 0.6) is 5.75 Å². The third kappa shape index (κ3) is 2.94. The minimum absolute atomic E-state index is 0.211. The number of hydrogen-bond acceptors (Lipinski definition) is 5. The van der Waals surface area contributed by atoms with Crippen molar-refractivity contribution in [2.24, 2.45) is 0 Å². The average Bonchev–Trinajstić information content (AvgIpc) is 3.09. The number of likely N-dealkylation sites (tertiary alicyclic amines) is 1. The number of oxazole rings is 1. The Hall–Kier alpha value is -2.34. The van der Waals surface area contributed by atoms with Crippen LogP contribution in [-0.2, 0) is 0 Å². The molecule has 122 valence electrons. The van der Waals surface area contributed by atoms with Crippen LogP contribution in [0.2, 0.25) is 0 Å². The maximum Gasteiger partial charge on any atom is 0.292 e. The summed E-state index contributed by atoms with van der Waals surface area (Å²) in [4.78, 5) is 18.6. The van der Waals surface area contributed by atoms with Gasteiger partial charge in [0, 0.05) is 13.5 Å². The molecule has 2 aromatic rings. The number of β-amino-alcohol motifs (C(OH)–C–C–N with tert-alkyl or cyclic N) is 1.